The Morgan fingerprint density at radius 1 is 1.19 bits per heavy atom. The summed E-state index contributed by atoms with van der Waals surface area (Å²) in [5, 5.41) is 9.17. The molecule has 0 radical (unpaired) electrons. The number of alkyl halides is 1. The van der Waals surface area contributed by atoms with Gasteiger partial charge in [0.25, 0.3) is 0 Å². The Balaban J connectivity index is 2.10. The maximum Gasteiger partial charge on any atom is 0.352 e. The zero-order valence-electron chi connectivity index (χ0n) is 13.1. The number of hydrogen-bond donors (Lipinski definition) is 1. The van der Waals surface area contributed by atoms with E-state index in [9.17, 15) is 4.79 Å². The van der Waals surface area contributed by atoms with E-state index in [0.29, 0.717) is 12.2 Å². The van der Waals surface area contributed by atoms with Gasteiger partial charge in [-0.2, -0.15) is 0 Å². The number of nitrogens with zero attached hydrogens (tertiary/aromatic N) is 1. The Morgan fingerprint density at radius 3 is 2.52 bits per heavy atom. The Morgan fingerprint density at radius 2 is 1.86 bits per heavy atom. The molecule has 0 aliphatic rings. The third-order valence-corrected chi connectivity index (χ3v) is 4.29. The molecule has 0 saturated heterocycles. The molecular formula is C17H28ClNO2. The van der Waals surface area contributed by atoms with Crippen LogP contribution in [0.4, 0.5) is 0 Å². The van der Waals surface area contributed by atoms with Crippen LogP contribution in [0.5, 0.6) is 0 Å². The predicted molar refractivity (Wildman–Crippen MR) is 88.3 cm³/mol. The van der Waals surface area contributed by atoms with Crippen LogP contribution in [0.3, 0.4) is 0 Å². The van der Waals surface area contributed by atoms with E-state index in [4.69, 9.17) is 16.7 Å². The van der Waals surface area contributed by atoms with Gasteiger partial charge in [0.2, 0.25) is 0 Å². The molecule has 0 aliphatic carbocycles. The van der Waals surface area contributed by atoms with Gasteiger partial charge in [0.05, 0.1) is 0 Å². The van der Waals surface area contributed by atoms with Crippen molar-refractivity contribution < 1.29 is 9.90 Å². The minimum Gasteiger partial charge on any atom is -0.477 e. The average Bonchev–Trinajstić information content (AvgIpc) is 2.93. The molecule has 1 aromatic heterocycles. The summed E-state index contributed by atoms with van der Waals surface area (Å²) in [5.74, 6) is -0.877. The van der Waals surface area contributed by atoms with Crippen LogP contribution in [0, 0.1) is 0 Å². The van der Waals surface area contributed by atoms with E-state index in [2.05, 4.69) is 6.92 Å². The van der Waals surface area contributed by atoms with E-state index in [-0.39, 0.29) is 5.38 Å². The number of carboxylic acids is 1. The van der Waals surface area contributed by atoms with Gasteiger partial charge in [-0.3, -0.25) is 0 Å². The third-order valence-electron chi connectivity index (χ3n) is 3.85. The fourth-order valence-corrected chi connectivity index (χ4v) is 2.80. The molecule has 0 bridgehead atoms. The van der Waals surface area contributed by atoms with E-state index >= 15 is 0 Å². The lowest BCUT2D eigenvalue weighted by Gasteiger charge is -2.11. The maximum absolute atomic E-state index is 11.0. The molecule has 120 valence electrons. The van der Waals surface area contributed by atoms with Crippen molar-refractivity contribution in [2.75, 3.05) is 0 Å². The van der Waals surface area contributed by atoms with Crippen LogP contribution >= 0.6 is 11.6 Å². The van der Waals surface area contributed by atoms with E-state index in [0.717, 1.165) is 12.8 Å². The molecule has 1 N–H and O–H groups in total. The molecule has 0 saturated carbocycles. The Kier molecular flexibility index (Phi) is 9.24. The van der Waals surface area contributed by atoms with E-state index < -0.39 is 5.97 Å². The van der Waals surface area contributed by atoms with Crippen molar-refractivity contribution >= 4 is 17.6 Å². The minimum absolute atomic E-state index is 0.143. The monoisotopic (exact) mass is 313 g/mol. The van der Waals surface area contributed by atoms with Crippen molar-refractivity contribution in [1.29, 1.82) is 0 Å². The Labute approximate surface area is 133 Å². The molecule has 0 aromatic carbocycles. The number of aryl methyl sites for hydroxylation is 1. The highest BCUT2D eigenvalue weighted by Crippen LogP contribution is 2.16. The van der Waals surface area contributed by atoms with Crippen LogP contribution in [-0.4, -0.2) is 21.0 Å². The van der Waals surface area contributed by atoms with Crippen molar-refractivity contribution in [3.8, 4) is 0 Å². The van der Waals surface area contributed by atoms with Gasteiger partial charge >= 0.3 is 5.97 Å². The number of unbranched alkanes of at least 4 members (excludes halogenated alkanes) is 6. The molecule has 0 fully saturated rings. The SMILES string of the molecule is CCCCCCCCCC(Cl)CCn1cccc1C(=O)O. The van der Waals surface area contributed by atoms with Crippen LogP contribution in [0.2, 0.25) is 0 Å². The standard InChI is InChI=1S/C17H28ClNO2/c1-2-3-4-5-6-7-8-10-15(18)12-14-19-13-9-11-16(19)17(20)21/h9,11,13,15H,2-8,10,12,14H2,1H3,(H,20,21). The zero-order valence-corrected chi connectivity index (χ0v) is 13.8. The lowest BCUT2D eigenvalue weighted by molar-refractivity contribution is 0.0685. The van der Waals surface area contributed by atoms with Gasteiger partial charge in [-0.15, -0.1) is 11.6 Å². The largest absolute Gasteiger partial charge is 0.477 e. The van der Waals surface area contributed by atoms with Crippen LogP contribution in [0.25, 0.3) is 0 Å². The second-order valence-electron chi connectivity index (χ2n) is 5.69. The zero-order chi connectivity index (χ0) is 15.5. The van der Waals surface area contributed by atoms with Gasteiger partial charge in [-0.1, -0.05) is 51.9 Å². The van der Waals surface area contributed by atoms with Crippen molar-refractivity contribution in [2.45, 2.75) is 76.6 Å². The number of aromatic nitrogens is 1. The first-order valence-electron chi connectivity index (χ1n) is 8.17. The van der Waals surface area contributed by atoms with E-state index in [1.807, 2.05) is 0 Å². The van der Waals surface area contributed by atoms with Crippen molar-refractivity contribution in [2.24, 2.45) is 0 Å². The molecule has 1 rings (SSSR count). The van der Waals surface area contributed by atoms with Crippen LogP contribution < -0.4 is 0 Å². The van der Waals surface area contributed by atoms with Crippen molar-refractivity contribution in [3.05, 3.63) is 24.0 Å². The molecule has 0 spiro atoms. The summed E-state index contributed by atoms with van der Waals surface area (Å²) < 4.78 is 1.77. The van der Waals surface area contributed by atoms with E-state index in [1.54, 1.807) is 22.9 Å². The normalized spacial score (nSPS) is 12.5. The topological polar surface area (TPSA) is 42.2 Å². The second kappa shape index (κ2) is 10.7. The first-order valence-corrected chi connectivity index (χ1v) is 8.61. The maximum atomic E-state index is 11.0. The van der Waals surface area contributed by atoms with Crippen molar-refractivity contribution in [1.82, 2.24) is 4.57 Å². The van der Waals surface area contributed by atoms with Gasteiger partial charge in [0, 0.05) is 18.1 Å². The third kappa shape index (κ3) is 7.56. The first kappa shape index (κ1) is 18.1. The van der Waals surface area contributed by atoms with Crippen molar-refractivity contribution in [3.63, 3.8) is 0 Å². The smallest absolute Gasteiger partial charge is 0.352 e. The quantitative estimate of drug-likeness (QED) is 0.419. The molecular weight excluding hydrogens is 286 g/mol. The summed E-state index contributed by atoms with van der Waals surface area (Å²) in [4.78, 5) is 11.0. The highest BCUT2D eigenvalue weighted by molar-refractivity contribution is 6.20. The molecule has 4 heteroatoms. The molecule has 3 nitrogen and oxygen atoms in total. The summed E-state index contributed by atoms with van der Waals surface area (Å²) in [6.45, 7) is 2.91. The number of hydrogen-bond acceptors (Lipinski definition) is 1. The van der Waals surface area contributed by atoms with Gasteiger partial charge in [-0.25, -0.2) is 4.79 Å². The fraction of sp³-hybridized carbons (Fsp3) is 0.706. The summed E-state index contributed by atoms with van der Waals surface area (Å²) >= 11 is 6.33. The Hall–Kier alpha value is -0.960. The number of carboxylic acid groups (broad SMARTS) is 1. The summed E-state index contributed by atoms with van der Waals surface area (Å²) in [7, 11) is 0. The second-order valence-corrected chi connectivity index (χ2v) is 6.31. The highest BCUT2D eigenvalue weighted by atomic mass is 35.5. The van der Waals surface area contributed by atoms with Crippen LogP contribution in [0.1, 0.15) is 75.2 Å². The number of aromatic carboxylic acids is 1. The van der Waals surface area contributed by atoms with Gasteiger partial charge < -0.3 is 9.67 Å². The highest BCUT2D eigenvalue weighted by Gasteiger charge is 2.10. The minimum atomic E-state index is -0.877. The van der Waals surface area contributed by atoms with Crippen LogP contribution in [0.15, 0.2) is 18.3 Å². The van der Waals surface area contributed by atoms with Gasteiger partial charge in [-0.05, 0) is 25.0 Å². The van der Waals surface area contributed by atoms with Gasteiger partial charge in [0.1, 0.15) is 5.69 Å². The number of rotatable bonds is 12. The first-order chi connectivity index (χ1) is 10.1. The average molecular weight is 314 g/mol. The van der Waals surface area contributed by atoms with E-state index in [1.165, 1.54) is 44.9 Å². The van der Waals surface area contributed by atoms with Crippen LogP contribution in [-0.2, 0) is 6.54 Å². The molecule has 1 unspecified atom stereocenters. The lowest BCUT2D eigenvalue weighted by Crippen LogP contribution is -2.11. The predicted octanol–water partition coefficient (Wildman–Crippen LogP) is 5.32. The molecule has 0 aliphatic heterocycles. The summed E-state index contributed by atoms with van der Waals surface area (Å²) in [6, 6.07) is 3.39. The van der Waals surface area contributed by atoms with Gasteiger partial charge in [0.15, 0.2) is 0 Å². The molecule has 0 amide bonds. The lowest BCUT2D eigenvalue weighted by atomic mass is 10.1. The summed E-state index contributed by atoms with van der Waals surface area (Å²) in [5.41, 5.74) is 0.342. The Bertz CT molecular complexity index is 403. The number of halogens is 1. The molecule has 21 heavy (non-hydrogen) atoms. The molecule has 1 atom stereocenters. The number of carbonyl (C=O) groups is 1. The fourth-order valence-electron chi connectivity index (χ4n) is 2.55. The molecule has 1 aromatic rings. The molecule has 1 heterocycles. The summed E-state index contributed by atoms with van der Waals surface area (Å²) in [6.07, 6.45) is 12.7.